The van der Waals surface area contributed by atoms with Crippen molar-refractivity contribution in [1.82, 2.24) is 5.32 Å². The smallest absolute Gasteiger partial charge is 0.118 e. The fraction of sp³-hybridized carbons (Fsp3) is 0.625. The van der Waals surface area contributed by atoms with Crippen LogP contribution < -0.4 is 15.8 Å². The van der Waals surface area contributed by atoms with Crippen molar-refractivity contribution in [2.24, 2.45) is 5.73 Å². The van der Waals surface area contributed by atoms with Gasteiger partial charge < -0.3 is 20.5 Å². The van der Waals surface area contributed by atoms with Crippen LogP contribution in [0.25, 0.3) is 0 Å². The number of ether oxygens (including phenoxy) is 2. The lowest BCUT2D eigenvalue weighted by molar-refractivity contribution is 0.155. The van der Waals surface area contributed by atoms with Crippen LogP contribution in [0.4, 0.5) is 0 Å². The average Bonchev–Trinajstić information content (AvgIpc) is 2.50. The lowest BCUT2D eigenvalue weighted by atomic mass is 10.0. The summed E-state index contributed by atoms with van der Waals surface area (Å²) in [6.07, 6.45) is 3.09. The van der Waals surface area contributed by atoms with E-state index in [0.717, 1.165) is 31.6 Å². The first-order valence-electron chi connectivity index (χ1n) is 7.34. The molecule has 3 N–H and O–H groups in total. The predicted molar refractivity (Wildman–Crippen MR) is 83.1 cm³/mol. The summed E-state index contributed by atoms with van der Waals surface area (Å²) in [5.41, 5.74) is 6.88. The van der Waals surface area contributed by atoms with Gasteiger partial charge in [0.2, 0.25) is 0 Å². The molecule has 1 aromatic rings. The molecule has 0 saturated carbocycles. The summed E-state index contributed by atoms with van der Waals surface area (Å²) in [6.45, 7) is 3.63. The SMILES string of the molecule is CCC(NC(CCCN)COC)c1ccc(OC)cc1. The molecule has 4 nitrogen and oxygen atoms in total. The monoisotopic (exact) mass is 280 g/mol. The Kier molecular flexibility index (Phi) is 8.26. The maximum absolute atomic E-state index is 5.60. The van der Waals surface area contributed by atoms with Gasteiger partial charge in [-0.25, -0.2) is 0 Å². The fourth-order valence-electron chi connectivity index (χ4n) is 2.35. The van der Waals surface area contributed by atoms with E-state index < -0.39 is 0 Å². The quantitative estimate of drug-likeness (QED) is 0.691. The molecule has 1 rings (SSSR count). The second-order valence-electron chi connectivity index (χ2n) is 4.98. The van der Waals surface area contributed by atoms with Crippen LogP contribution in [-0.2, 0) is 4.74 Å². The number of nitrogens with one attached hydrogen (secondary N) is 1. The van der Waals surface area contributed by atoms with E-state index in [4.69, 9.17) is 15.2 Å². The van der Waals surface area contributed by atoms with Crippen molar-refractivity contribution < 1.29 is 9.47 Å². The van der Waals surface area contributed by atoms with E-state index in [2.05, 4.69) is 24.4 Å². The molecule has 2 unspecified atom stereocenters. The van der Waals surface area contributed by atoms with E-state index in [9.17, 15) is 0 Å². The Labute approximate surface area is 122 Å². The Morgan fingerprint density at radius 3 is 2.40 bits per heavy atom. The van der Waals surface area contributed by atoms with Crippen molar-refractivity contribution in [3.05, 3.63) is 29.8 Å². The fourth-order valence-corrected chi connectivity index (χ4v) is 2.35. The minimum absolute atomic E-state index is 0.332. The first-order chi connectivity index (χ1) is 9.74. The van der Waals surface area contributed by atoms with Gasteiger partial charge >= 0.3 is 0 Å². The summed E-state index contributed by atoms with van der Waals surface area (Å²) in [6, 6.07) is 8.92. The second-order valence-corrected chi connectivity index (χ2v) is 4.98. The van der Waals surface area contributed by atoms with E-state index in [1.807, 2.05) is 12.1 Å². The molecule has 2 atom stereocenters. The van der Waals surface area contributed by atoms with Gasteiger partial charge in [-0.1, -0.05) is 19.1 Å². The molecule has 0 aliphatic rings. The number of rotatable bonds is 10. The van der Waals surface area contributed by atoms with Gasteiger partial charge in [-0.15, -0.1) is 0 Å². The lowest BCUT2D eigenvalue weighted by Gasteiger charge is -2.25. The summed E-state index contributed by atoms with van der Waals surface area (Å²) < 4.78 is 10.5. The van der Waals surface area contributed by atoms with Crippen LogP contribution in [0.3, 0.4) is 0 Å². The number of nitrogens with two attached hydrogens (primary N) is 1. The third-order valence-electron chi connectivity index (χ3n) is 3.49. The van der Waals surface area contributed by atoms with Gasteiger partial charge in [-0.2, -0.15) is 0 Å². The Bertz CT molecular complexity index is 354. The molecule has 0 saturated heterocycles. The maximum Gasteiger partial charge on any atom is 0.118 e. The van der Waals surface area contributed by atoms with E-state index in [1.165, 1.54) is 5.56 Å². The highest BCUT2D eigenvalue weighted by molar-refractivity contribution is 5.29. The van der Waals surface area contributed by atoms with Crippen molar-refractivity contribution in [3.8, 4) is 5.75 Å². The normalized spacial score (nSPS) is 14.0. The molecule has 1 aromatic carbocycles. The summed E-state index contributed by atoms with van der Waals surface area (Å²) in [7, 11) is 3.43. The standard InChI is InChI=1S/C16H28N2O2/c1-4-16(13-7-9-15(20-3)10-8-13)18-14(12-19-2)6-5-11-17/h7-10,14,16,18H,4-6,11-12,17H2,1-3H3. The van der Waals surface area contributed by atoms with Crippen LogP contribution in [0.15, 0.2) is 24.3 Å². The summed E-state index contributed by atoms with van der Waals surface area (Å²) in [5.74, 6) is 0.889. The predicted octanol–water partition coefficient (Wildman–Crippen LogP) is 2.49. The minimum atomic E-state index is 0.332. The zero-order valence-electron chi connectivity index (χ0n) is 12.9. The molecule has 0 spiro atoms. The van der Waals surface area contributed by atoms with E-state index in [1.54, 1.807) is 14.2 Å². The average molecular weight is 280 g/mol. The van der Waals surface area contributed by atoms with Crippen molar-refractivity contribution >= 4 is 0 Å². The van der Waals surface area contributed by atoms with Crippen molar-refractivity contribution in [3.63, 3.8) is 0 Å². The van der Waals surface area contributed by atoms with Gasteiger partial charge in [0.1, 0.15) is 5.75 Å². The first kappa shape index (κ1) is 17.0. The zero-order chi connectivity index (χ0) is 14.8. The van der Waals surface area contributed by atoms with Crippen LogP contribution in [0.2, 0.25) is 0 Å². The number of hydrogen-bond donors (Lipinski definition) is 2. The molecule has 0 amide bonds. The molecule has 0 aliphatic heterocycles. The molecular weight excluding hydrogens is 252 g/mol. The highest BCUT2D eigenvalue weighted by Crippen LogP contribution is 2.21. The molecule has 0 heterocycles. The van der Waals surface area contributed by atoms with Crippen molar-refractivity contribution in [2.45, 2.75) is 38.3 Å². The van der Waals surface area contributed by atoms with E-state index >= 15 is 0 Å². The van der Waals surface area contributed by atoms with Gasteiger partial charge in [-0.05, 0) is 43.5 Å². The molecule has 4 heteroatoms. The molecular formula is C16H28N2O2. The van der Waals surface area contributed by atoms with Gasteiger partial charge in [0.15, 0.2) is 0 Å². The van der Waals surface area contributed by atoms with Crippen LogP contribution >= 0.6 is 0 Å². The molecule has 0 fully saturated rings. The highest BCUT2D eigenvalue weighted by atomic mass is 16.5. The Hall–Kier alpha value is -1.10. The third kappa shape index (κ3) is 5.49. The van der Waals surface area contributed by atoms with Crippen molar-refractivity contribution in [1.29, 1.82) is 0 Å². The Morgan fingerprint density at radius 1 is 1.20 bits per heavy atom. The van der Waals surface area contributed by atoms with Crippen LogP contribution in [-0.4, -0.2) is 33.4 Å². The number of benzene rings is 1. The summed E-state index contributed by atoms with van der Waals surface area (Å²) in [4.78, 5) is 0. The topological polar surface area (TPSA) is 56.5 Å². The van der Waals surface area contributed by atoms with Crippen molar-refractivity contribution in [2.75, 3.05) is 27.4 Å². The number of methoxy groups -OCH3 is 2. The summed E-state index contributed by atoms with van der Waals surface area (Å²) in [5, 5.41) is 3.67. The maximum atomic E-state index is 5.60. The van der Waals surface area contributed by atoms with Gasteiger partial charge in [0, 0.05) is 19.2 Å². The minimum Gasteiger partial charge on any atom is -0.497 e. The van der Waals surface area contributed by atoms with Gasteiger partial charge in [-0.3, -0.25) is 0 Å². The van der Waals surface area contributed by atoms with Crippen LogP contribution in [0.5, 0.6) is 5.75 Å². The van der Waals surface area contributed by atoms with E-state index in [-0.39, 0.29) is 0 Å². The van der Waals surface area contributed by atoms with Crippen LogP contribution in [0, 0.1) is 0 Å². The summed E-state index contributed by atoms with van der Waals surface area (Å²) >= 11 is 0. The Balaban J connectivity index is 2.66. The zero-order valence-corrected chi connectivity index (χ0v) is 12.9. The van der Waals surface area contributed by atoms with E-state index in [0.29, 0.717) is 18.7 Å². The van der Waals surface area contributed by atoms with Gasteiger partial charge in [0.25, 0.3) is 0 Å². The molecule has 114 valence electrons. The molecule has 0 aromatic heterocycles. The van der Waals surface area contributed by atoms with Crippen LogP contribution in [0.1, 0.15) is 37.8 Å². The molecule has 0 bridgehead atoms. The molecule has 20 heavy (non-hydrogen) atoms. The lowest BCUT2D eigenvalue weighted by Crippen LogP contribution is -2.36. The molecule has 0 aliphatic carbocycles. The Morgan fingerprint density at radius 2 is 1.90 bits per heavy atom. The molecule has 0 radical (unpaired) electrons. The largest absolute Gasteiger partial charge is 0.497 e. The second kappa shape index (κ2) is 9.75. The highest BCUT2D eigenvalue weighted by Gasteiger charge is 2.15. The number of hydrogen-bond acceptors (Lipinski definition) is 4. The van der Waals surface area contributed by atoms with Gasteiger partial charge in [0.05, 0.1) is 13.7 Å². The third-order valence-corrected chi connectivity index (χ3v) is 3.49. The first-order valence-corrected chi connectivity index (χ1v) is 7.34.